The molecular formula is C14H21N3O4. The van der Waals surface area contributed by atoms with Crippen LogP contribution in [0.1, 0.15) is 31.1 Å². The minimum atomic E-state index is -0.158. The topological polar surface area (TPSA) is 85.5 Å². The maximum Gasteiger partial charge on any atom is 0.246 e. The van der Waals surface area contributed by atoms with E-state index in [1.807, 2.05) is 6.07 Å². The lowest BCUT2D eigenvalue weighted by atomic mass is 10.1. The van der Waals surface area contributed by atoms with Crippen molar-refractivity contribution in [2.75, 3.05) is 26.4 Å². The van der Waals surface area contributed by atoms with Crippen molar-refractivity contribution in [3.63, 3.8) is 0 Å². The molecule has 2 N–H and O–H groups in total. The predicted octanol–water partition coefficient (Wildman–Crippen LogP) is 0.551. The molecule has 0 radical (unpaired) electrons. The number of carbonyl (C=O) groups is 1. The summed E-state index contributed by atoms with van der Waals surface area (Å²) in [5.74, 6) is -0.118. The standard InChI is InChI=1S/C14H21N3O4/c18-13(9-19-8-10-2-1-6-20-10)16-11-4-7-21-14(11)12-3-5-15-17-12/h3,5,10-11,14H,1-2,4,6-9H2,(H,15,17)(H,16,18)/t10?,11-,14-/m1/s1. The van der Waals surface area contributed by atoms with Crippen molar-refractivity contribution in [1.82, 2.24) is 15.5 Å². The lowest BCUT2D eigenvalue weighted by Crippen LogP contribution is -2.39. The van der Waals surface area contributed by atoms with Gasteiger partial charge in [-0.25, -0.2) is 0 Å². The molecule has 2 fully saturated rings. The molecule has 0 aliphatic carbocycles. The van der Waals surface area contributed by atoms with Gasteiger partial charge in [-0.1, -0.05) is 0 Å². The minimum Gasteiger partial charge on any atom is -0.376 e. The average Bonchev–Trinajstić information content (AvgIpc) is 3.20. The monoisotopic (exact) mass is 295 g/mol. The Morgan fingerprint density at radius 3 is 3.14 bits per heavy atom. The van der Waals surface area contributed by atoms with Gasteiger partial charge >= 0.3 is 0 Å². The van der Waals surface area contributed by atoms with Crippen molar-refractivity contribution in [2.24, 2.45) is 0 Å². The first-order chi connectivity index (χ1) is 10.3. The van der Waals surface area contributed by atoms with E-state index in [1.54, 1.807) is 6.20 Å². The van der Waals surface area contributed by atoms with E-state index in [-0.39, 0.29) is 30.8 Å². The number of amides is 1. The number of hydrogen-bond acceptors (Lipinski definition) is 5. The van der Waals surface area contributed by atoms with Crippen LogP contribution in [0, 0.1) is 0 Å². The highest BCUT2D eigenvalue weighted by atomic mass is 16.5. The Labute approximate surface area is 123 Å². The lowest BCUT2D eigenvalue weighted by Gasteiger charge is -2.19. The molecule has 21 heavy (non-hydrogen) atoms. The van der Waals surface area contributed by atoms with Gasteiger partial charge in [0.05, 0.1) is 24.4 Å². The summed E-state index contributed by atoms with van der Waals surface area (Å²) in [4.78, 5) is 11.9. The third-order valence-electron chi connectivity index (χ3n) is 3.83. The van der Waals surface area contributed by atoms with E-state index in [9.17, 15) is 4.79 Å². The van der Waals surface area contributed by atoms with Gasteiger partial charge in [0.2, 0.25) is 5.91 Å². The van der Waals surface area contributed by atoms with Crippen LogP contribution in [0.4, 0.5) is 0 Å². The minimum absolute atomic E-state index is 0.0377. The van der Waals surface area contributed by atoms with Gasteiger partial charge in [0.15, 0.2) is 0 Å². The molecular weight excluding hydrogens is 274 g/mol. The van der Waals surface area contributed by atoms with Crippen LogP contribution >= 0.6 is 0 Å². The molecule has 2 aliphatic rings. The molecule has 1 aromatic rings. The van der Waals surface area contributed by atoms with Crippen LogP contribution in [0.15, 0.2) is 12.3 Å². The molecule has 1 unspecified atom stereocenters. The number of nitrogens with one attached hydrogen (secondary N) is 2. The fourth-order valence-corrected chi connectivity index (χ4v) is 2.78. The Morgan fingerprint density at radius 1 is 1.43 bits per heavy atom. The number of ether oxygens (including phenoxy) is 3. The summed E-state index contributed by atoms with van der Waals surface area (Å²) < 4.78 is 16.5. The van der Waals surface area contributed by atoms with Gasteiger partial charge in [-0.2, -0.15) is 5.10 Å². The summed E-state index contributed by atoms with van der Waals surface area (Å²) in [5.41, 5.74) is 0.887. The Bertz CT molecular complexity index is 445. The molecule has 0 aromatic carbocycles. The highest BCUT2D eigenvalue weighted by Gasteiger charge is 2.31. The van der Waals surface area contributed by atoms with Crippen molar-refractivity contribution in [1.29, 1.82) is 0 Å². The number of aromatic nitrogens is 2. The fourth-order valence-electron chi connectivity index (χ4n) is 2.78. The number of aromatic amines is 1. The maximum atomic E-state index is 11.9. The molecule has 0 saturated carbocycles. The third kappa shape index (κ3) is 3.81. The second-order valence-corrected chi connectivity index (χ2v) is 5.42. The van der Waals surface area contributed by atoms with E-state index in [0.717, 1.165) is 31.6 Å². The zero-order chi connectivity index (χ0) is 14.5. The van der Waals surface area contributed by atoms with Crippen molar-refractivity contribution in [3.05, 3.63) is 18.0 Å². The van der Waals surface area contributed by atoms with Crippen LogP contribution in [-0.2, 0) is 19.0 Å². The second kappa shape index (κ2) is 7.02. The Kier molecular flexibility index (Phi) is 4.84. The molecule has 0 bridgehead atoms. The van der Waals surface area contributed by atoms with Gasteiger partial charge in [-0.05, 0) is 25.3 Å². The van der Waals surface area contributed by atoms with Gasteiger partial charge in [0.1, 0.15) is 12.7 Å². The molecule has 7 heteroatoms. The zero-order valence-electron chi connectivity index (χ0n) is 11.9. The maximum absolute atomic E-state index is 11.9. The molecule has 2 aliphatic heterocycles. The van der Waals surface area contributed by atoms with Gasteiger partial charge in [-0.15, -0.1) is 0 Å². The summed E-state index contributed by atoms with van der Waals surface area (Å²) in [6, 6.07) is 1.83. The summed E-state index contributed by atoms with van der Waals surface area (Å²) in [5, 5.41) is 9.77. The number of carbonyl (C=O) groups excluding carboxylic acids is 1. The first-order valence-corrected chi connectivity index (χ1v) is 7.42. The SMILES string of the molecule is O=C(COCC1CCCO1)N[C@@H]1CCO[C@H]1c1ccn[nH]1. The normalized spacial score (nSPS) is 28.9. The molecule has 116 valence electrons. The highest BCUT2D eigenvalue weighted by Crippen LogP contribution is 2.27. The van der Waals surface area contributed by atoms with E-state index in [0.29, 0.717) is 13.2 Å². The summed E-state index contributed by atoms with van der Waals surface area (Å²) in [6.07, 6.45) is 4.55. The second-order valence-electron chi connectivity index (χ2n) is 5.42. The first-order valence-electron chi connectivity index (χ1n) is 7.42. The van der Waals surface area contributed by atoms with E-state index in [4.69, 9.17) is 14.2 Å². The molecule has 3 rings (SSSR count). The molecule has 1 amide bonds. The van der Waals surface area contributed by atoms with Crippen molar-refractivity contribution >= 4 is 5.91 Å². The number of nitrogens with zero attached hydrogens (tertiary/aromatic N) is 1. The van der Waals surface area contributed by atoms with Crippen LogP contribution < -0.4 is 5.32 Å². The Balaban J connectivity index is 1.41. The number of rotatable bonds is 6. The quantitative estimate of drug-likeness (QED) is 0.800. The summed E-state index contributed by atoms with van der Waals surface area (Å²) >= 11 is 0. The fraction of sp³-hybridized carbons (Fsp3) is 0.714. The predicted molar refractivity (Wildman–Crippen MR) is 73.6 cm³/mol. The third-order valence-corrected chi connectivity index (χ3v) is 3.83. The largest absolute Gasteiger partial charge is 0.376 e. The highest BCUT2D eigenvalue weighted by molar-refractivity contribution is 5.77. The molecule has 2 saturated heterocycles. The van der Waals surface area contributed by atoms with Gasteiger partial charge < -0.3 is 19.5 Å². The van der Waals surface area contributed by atoms with Gasteiger partial charge in [0.25, 0.3) is 0 Å². The number of hydrogen-bond donors (Lipinski definition) is 2. The van der Waals surface area contributed by atoms with E-state index < -0.39 is 0 Å². The Hall–Kier alpha value is -1.44. The van der Waals surface area contributed by atoms with E-state index >= 15 is 0 Å². The van der Waals surface area contributed by atoms with E-state index in [2.05, 4.69) is 15.5 Å². The smallest absolute Gasteiger partial charge is 0.246 e. The van der Waals surface area contributed by atoms with Crippen LogP contribution in [0.5, 0.6) is 0 Å². The zero-order valence-corrected chi connectivity index (χ0v) is 11.9. The van der Waals surface area contributed by atoms with Crippen LogP contribution in [0.2, 0.25) is 0 Å². The lowest BCUT2D eigenvalue weighted by molar-refractivity contribution is -0.128. The first kappa shape index (κ1) is 14.5. The number of H-pyrrole nitrogens is 1. The molecule has 1 aromatic heterocycles. The molecule has 3 atom stereocenters. The molecule has 7 nitrogen and oxygen atoms in total. The summed E-state index contributed by atoms with van der Waals surface area (Å²) in [6.45, 7) is 1.97. The van der Waals surface area contributed by atoms with E-state index in [1.165, 1.54) is 0 Å². The summed E-state index contributed by atoms with van der Waals surface area (Å²) in [7, 11) is 0. The van der Waals surface area contributed by atoms with Crippen LogP contribution in [-0.4, -0.2) is 54.7 Å². The molecule has 3 heterocycles. The van der Waals surface area contributed by atoms with Crippen molar-refractivity contribution in [2.45, 2.75) is 37.5 Å². The van der Waals surface area contributed by atoms with Crippen LogP contribution in [0.3, 0.4) is 0 Å². The van der Waals surface area contributed by atoms with Crippen LogP contribution in [0.25, 0.3) is 0 Å². The van der Waals surface area contributed by atoms with Gasteiger partial charge in [-0.3, -0.25) is 9.89 Å². The van der Waals surface area contributed by atoms with Gasteiger partial charge in [0, 0.05) is 19.4 Å². The average molecular weight is 295 g/mol. The van der Waals surface area contributed by atoms with Crippen molar-refractivity contribution < 1.29 is 19.0 Å². The molecule has 0 spiro atoms. The Morgan fingerprint density at radius 2 is 2.38 bits per heavy atom. The van der Waals surface area contributed by atoms with Crippen molar-refractivity contribution in [3.8, 4) is 0 Å².